The normalized spacial score (nSPS) is 24.0. The minimum absolute atomic E-state index is 0.500. The quantitative estimate of drug-likeness (QED) is 0.466. The molecule has 0 aromatic carbocycles. The zero-order valence-electron chi connectivity index (χ0n) is 23.9. The van der Waals surface area contributed by atoms with Gasteiger partial charge in [0.05, 0.1) is 11.0 Å². The molecule has 6 heterocycles. The molecule has 11 heteroatoms. The number of rotatable bonds is 5. The predicted octanol–water partition coefficient (Wildman–Crippen LogP) is 3.76. The van der Waals surface area contributed by atoms with Gasteiger partial charge in [-0.2, -0.15) is 10.2 Å². The molecule has 0 bridgehead atoms. The van der Waals surface area contributed by atoms with Gasteiger partial charge in [-0.1, -0.05) is 5.16 Å². The summed E-state index contributed by atoms with van der Waals surface area (Å²) in [6, 6.07) is 7.38. The van der Waals surface area contributed by atoms with Crippen LogP contribution in [0.4, 0.5) is 16.5 Å². The predicted molar refractivity (Wildman–Crippen MR) is 161 cm³/mol. The molecule has 3 aliphatic heterocycles. The van der Waals surface area contributed by atoms with Crippen molar-refractivity contribution in [2.75, 3.05) is 67.9 Å². The highest BCUT2D eigenvalue weighted by Crippen LogP contribution is 2.48. The lowest BCUT2D eigenvalue weighted by Crippen LogP contribution is -2.45. The first-order valence-electron chi connectivity index (χ1n) is 15.2. The maximum Gasteiger partial charge on any atom is 0.237 e. The molecular weight excluding hydrogens is 534 g/mol. The van der Waals surface area contributed by atoms with Gasteiger partial charge in [-0.25, -0.2) is 4.98 Å². The van der Waals surface area contributed by atoms with Gasteiger partial charge in [-0.05, 0) is 71.0 Å². The van der Waals surface area contributed by atoms with Gasteiger partial charge in [0.2, 0.25) is 11.7 Å². The Kier molecular flexibility index (Phi) is 7.09. The first kappa shape index (κ1) is 26.7. The SMILES string of the molecule is CC1(c2nc(-c3cc(N4CCNCC4)cc(N4CCC(N5CCCC5)CC4)n3)no2)CCCc2sc(N)c(C#N)c21. The van der Waals surface area contributed by atoms with Crippen molar-refractivity contribution >= 4 is 27.8 Å². The van der Waals surface area contributed by atoms with Gasteiger partial charge < -0.3 is 30.3 Å². The van der Waals surface area contributed by atoms with Gasteiger partial charge in [0.1, 0.15) is 22.6 Å². The maximum atomic E-state index is 9.90. The van der Waals surface area contributed by atoms with Gasteiger partial charge in [0.15, 0.2) is 0 Å². The van der Waals surface area contributed by atoms with E-state index in [1.807, 2.05) is 0 Å². The van der Waals surface area contributed by atoms with E-state index in [-0.39, 0.29) is 0 Å². The molecule has 4 aliphatic rings. The number of nitrogen functional groups attached to an aromatic ring is 1. The molecule has 0 radical (unpaired) electrons. The number of nitrogens with zero attached hydrogens (tertiary/aromatic N) is 7. The standard InChI is InChI=1S/C30H39N9OS/c1-30(8-4-5-24-26(30)22(19-31)27(32)41-24)29-35-28(36-40-29)23-17-21(38-15-9-33-10-16-38)18-25(34-23)39-13-6-20(7-14-39)37-11-2-3-12-37/h17-18,20,33H,2-16,32H2,1H3. The van der Waals surface area contributed by atoms with Crippen LogP contribution >= 0.6 is 11.3 Å². The zero-order chi connectivity index (χ0) is 28.0. The van der Waals surface area contributed by atoms with Crippen molar-refractivity contribution in [3.05, 3.63) is 34.0 Å². The van der Waals surface area contributed by atoms with Crippen LogP contribution in [0.3, 0.4) is 0 Å². The lowest BCUT2D eigenvalue weighted by molar-refractivity contribution is 0.207. The summed E-state index contributed by atoms with van der Waals surface area (Å²) >= 11 is 1.52. The van der Waals surface area contributed by atoms with Crippen molar-refractivity contribution in [2.45, 2.75) is 63.3 Å². The number of aromatic nitrogens is 3. The van der Waals surface area contributed by atoms with Gasteiger partial charge in [-0.3, -0.25) is 0 Å². The van der Waals surface area contributed by atoms with Crippen molar-refractivity contribution in [3.8, 4) is 17.6 Å². The van der Waals surface area contributed by atoms with Crippen molar-refractivity contribution in [1.29, 1.82) is 5.26 Å². The molecule has 0 saturated carbocycles. The van der Waals surface area contributed by atoms with E-state index in [1.54, 1.807) is 0 Å². The molecule has 3 aromatic rings. The Morgan fingerprint density at radius 3 is 2.59 bits per heavy atom. The third-order valence-corrected chi connectivity index (χ3v) is 10.7. The monoisotopic (exact) mass is 573 g/mol. The fourth-order valence-corrected chi connectivity index (χ4v) is 8.50. The van der Waals surface area contributed by atoms with Gasteiger partial charge in [0.25, 0.3) is 0 Å². The van der Waals surface area contributed by atoms with Gasteiger partial charge in [0, 0.05) is 67.5 Å². The van der Waals surface area contributed by atoms with E-state index in [4.69, 9.17) is 20.2 Å². The first-order chi connectivity index (χ1) is 20.0. The molecule has 3 N–H and O–H groups in total. The van der Waals surface area contributed by atoms with Crippen LogP contribution in [0.5, 0.6) is 0 Å². The maximum absolute atomic E-state index is 9.90. The van der Waals surface area contributed by atoms with E-state index in [9.17, 15) is 5.26 Å². The van der Waals surface area contributed by atoms with E-state index in [0.717, 1.165) is 86.2 Å². The van der Waals surface area contributed by atoms with Crippen LogP contribution in [0, 0.1) is 11.3 Å². The minimum atomic E-state index is -0.547. The summed E-state index contributed by atoms with van der Waals surface area (Å²) < 4.78 is 5.98. The molecular formula is C30H39N9OS. The number of hydrogen-bond donors (Lipinski definition) is 2. The summed E-state index contributed by atoms with van der Waals surface area (Å²) in [5.41, 5.74) is 9.12. The van der Waals surface area contributed by atoms with Crippen molar-refractivity contribution in [3.63, 3.8) is 0 Å². The number of pyridine rings is 1. The second-order valence-electron chi connectivity index (χ2n) is 12.1. The Bertz CT molecular complexity index is 1440. The van der Waals surface area contributed by atoms with Crippen LogP contribution < -0.4 is 20.9 Å². The van der Waals surface area contributed by atoms with Gasteiger partial charge in [-0.15, -0.1) is 11.3 Å². The number of likely N-dealkylation sites (tertiary alicyclic amines) is 1. The Balaban J connectivity index is 1.21. The third-order valence-electron chi connectivity index (χ3n) is 9.60. The Morgan fingerprint density at radius 1 is 1.05 bits per heavy atom. The largest absolute Gasteiger partial charge is 0.389 e. The summed E-state index contributed by atoms with van der Waals surface area (Å²) in [7, 11) is 0. The number of piperazine rings is 1. The summed E-state index contributed by atoms with van der Waals surface area (Å²) in [5.74, 6) is 2.02. The fourth-order valence-electron chi connectivity index (χ4n) is 7.31. The number of hydrogen-bond acceptors (Lipinski definition) is 11. The van der Waals surface area contributed by atoms with E-state index < -0.39 is 5.41 Å². The van der Waals surface area contributed by atoms with Crippen LogP contribution in [-0.2, 0) is 11.8 Å². The number of nitrogens with one attached hydrogen (secondary N) is 1. The lowest BCUT2D eigenvalue weighted by atomic mass is 9.72. The number of nitriles is 1. The van der Waals surface area contributed by atoms with E-state index in [0.29, 0.717) is 28.3 Å². The fraction of sp³-hybridized carbons (Fsp3) is 0.600. The van der Waals surface area contributed by atoms with Crippen LogP contribution in [-0.4, -0.2) is 78.4 Å². The molecule has 10 nitrogen and oxygen atoms in total. The highest BCUT2D eigenvalue weighted by Gasteiger charge is 2.43. The highest BCUT2D eigenvalue weighted by atomic mass is 32.1. The summed E-state index contributed by atoms with van der Waals surface area (Å²) in [6.07, 6.45) is 7.76. The Morgan fingerprint density at radius 2 is 1.83 bits per heavy atom. The number of thiophene rings is 1. The summed E-state index contributed by atoms with van der Waals surface area (Å²) in [5, 5.41) is 18.4. The number of nitrogens with two attached hydrogens (primary N) is 1. The first-order valence-corrected chi connectivity index (χ1v) is 16.0. The molecule has 3 saturated heterocycles. The van der Waals surface area contributed by atoms with Crippen LogP contribution in [0.25, 0.3) is 11.5 Å². The van der Waals surface area contributed by atoms with Crippen LogP contribution in [0.15, 0.2) is 16.7 Å². The molecule has 0 amide bonds. The highest BCUT2D eigenvalue weighted by molar-refractivity contribution is 7.16. The number of aryl methyl sites for hydroxylation is 1. The molecule has 3 fully saturated rings. The third kappa shape index (κ3) is 4.86. The molecule has 3 aromatic heterocycles. The average Bonchev–Trinajstić information content (AvgIpc) is 3.78. The molecule has 1 unspecified atom stereocenters. The van der Waals surface area contributed by atoms with E-state index in [2.05, 4.69) is 50.3 Å². The van der Waals surface area contributed by atoms with Crippen molar-refractivity contribution in [1.82, 2.24) is 25.3 Å². The van der Waals surface area contributed by atoms with E-state index >= 15 is 0 Å². The van der Waals surface area contributed by atoms with Crippen molar-refractivity contribution in [2.24, 2.45) is 0 Å². The molecule has 7 rings (SSSR count). The molecule has 216 valence electrons. The van der Waals surface area contributed by atoms with Gasteiger partial charge >= 0.3 is 0 Å². The average molecular weight is 574 g/mol. The number of piperidine rings is 1. The molecule has 0 spiro atoms. The number of fused-ring (bicyclic) bond motifs is 1. The van der Waals surface area contributed by atoms with Crippen molar-refractivity contribution < 1.29 is 4.52 Å². The van der Waals surface area contributed by atoms with Crippen LogP contribution in [0.2, 0.25) is 0 Å². The number of anilines is 3. The molecule has 1 atom stereocenters. The zero-order valence-corrected chi connectivity index (χ0v) is 24.7. The second kappa shape index (κ2) is 10.9. The van der Waals surface area contributed by atoms with Crippen LogP contribution in [0.1, 0.15) is 67.3 Å². The molecule has 1 aliphatic carbocycles. The molecule has 41 heavy (non-hydrogen) atoms. The Hall–Kier alpha value is -3.20. The second-order valence-corrected chi connectivity index (χ2v) is 13.3. The minimum Gasteiger partial charge on any atom is -0.389 e. The van der Waals surface area contributed by atoms with E-state index in [1.165, 1.54) is 50.1 Å². The smallest absolute Gasteiger partial charge is 0.237 e. The summed E-state index contributed by atoms with van der Waals surface area (Å²) in [4.78, 5) is 18.8. The Labute approximate surface area is 245 Å². The topological polar surface area (TPSA) is 123 Å². The lowest BCUT2D eigenvalue weighted by Gasteiger charge is -2.38. The summed E-state index contributed by atoms with van der Waals surface area (Å²) in [6.45, 7) is 10.5.